The Bertz CT molecular complexity index is 1660. The molecular formula is C39H49FN4O5. The van der Waals surface area contributed by atoms with Crippen LogP contribution in [0, 0.1) is 23.1 Å². The summed E-state index contributed by atoms with van der Waals surface area (Å²) in [6.07, 6.45) is 5.34. The average Bonchev–Trinajstić information content (AvgIpc) is 3.74. The number of rotatable bonds is 5. The molecule has 3 fully saturated rings. The summed E-state index contributed by atoms with van der Waals surface area (Å²) in [6.45, 7) is 12.3. The van der Waals surface area contributed by atoms with E-state index in [1.54, 1.807) is 36.6 Å². The minimum Gasteiger partial charge on any atom is -0.444 e. The monoisotopic (exact) mass is 672 g/mol. The Hall–Kier alpha value is -4.13. The molecule has 262 valence electrons. The maximum atomic E-state index is 15.6. The first-order chi connectivity index (χ1) is 23.1. The van der Waals surface area contributed by atoms with Crippen molar-refractivity contribution in [3.05, 3.63) is 58.9 Å². The van der Waals surface area contributed by atoms with Crippen LogP contribution in [0.3, 0.4) is 0 Å². The summed E-state index contributed by atoms with van der Waals surface area (Å²) in [7, 11) is 0. The summed E-state index contributed by atoms with van der Waals surface area (Å²) in [5.41, 5.74) is 3.34. The van der Waals surface area contributed by atoms with Crippen LogP contribution in [0.5, 0.6) is 0 Å². The summed E-state index contributed by atoms with van der Waals surface area (Å²) < 4.78 is 26.8. The molecule has 49 heavy (non-hydrogen) atoms. The predicted octanol–water partition coefficient (Wildman–Crippen LogP) is 7.05. The van der Waals surface area contributed by atoms with Gasteiger partial charge in [0.25, 0.3) is 0 Å². The van der Waals surface area contributed by atoms with Gasteiger partial charge in [-0.2, -0.15) is 5.26 Å². The molecule has 1 N–H and O–H groups in total. The second-order valence-electron chi connectivity index (χ2n) is 16.4. The number of nitriles is 1. The SMILES string of the molecule is CC(C)(C)OC(=O)N1CCC2(CCc3ccc(-c4ccc(C[C@@H](C#N)NC(=O)[C@@H]5[C@H]6CC[C@H](C6)N5C(=O)OC(C)(C)C)c(F)c4)cc32)CC1. The number of nitrogens with zero attached hydrogens (tertiary/aromatic N) is 3. The number of hydrogen-bond acceptors (Lipinski definition) is 6. The molecule has 9 nitrogen and oxygen atoms in total. The summed E-state index contributed by atoms with van der Waals surface area (Å²) in [5, 5.41) is 12.7. The lowest BCUT2D eigenvalue weighted by Crippen LogP contribution is -2.55. The maximum Gasteiger partial charge on any atom is 0.411 e. The van der Waals surface area contributed by atoms with Crippen molar-refractivity contribution in [1.82, 2.24) is 15.1 Å². The zero-order valence-electron chi connectivity index (χ0n) is 29.6. The Kier molecular flexibility index (Phi) is 9.18. The van der Waals surface area contributed by atoms with E-state index in [1.165, 1.54) is 17.2 Å². The van der Waals surface area contributed by atoms with Crippen molar-refractivity contribution in [3.8, 4) is 17.2 Å². The highest BCUT2D eigenvalue weighted by atomic mass is 19.1. The van der Waals surface area contributed by atoms with Crippen molar-refractivity contribution in [3.63, 3.8) is 0 Å². The highest BCUT2D eigenvalue weighted by Gasteiger charge is 2.52. The van der Waals surface area contributed by atoms with Gasteiger partial charge in [-0.15, -0.1) is 0 Å². The van der Waals surface area contributed by atoms with E-state index in [2.05, 4.69) is 23.5 Å². The first kappa shape index (κ1) is 34.7. The van der Waals surface area contributed by atoms with Gasteiger partial charge in [0.05, 0.1) is 6.07 Å². The molecule has 3 amide bonds. The molecule has 10 heteroatoms. The topological polar surface area (TPSA) is 112 Å². The Labute approximate surface area is 289 Å². The molecule has 2 aliphatic carbocycles. The number of ether oxygens (including phenoxy) is 2. The van der Waals surface area contributed by atoms with Gasteiger partial charge in [0.2, 0.25) is 5.91 Å². The molecule has 2 bridgehead atoms. The van der Waals surface area contributed by atoms with Crippen LogP contribution >= 0.6 is 0 Å². The Morgan fingerprint density at radius 3 is 2.27 bits per heavy atom. The molecule has 2 saturated heterocycles. The maximum absolute atomic E-state index is 15.6. The molecule has 0 aromatic heterocycles. The lowest BCUT2D eigenvalue weighted by molar-refractivity contribution is -0.128. The third kappa shape index (κ3) is 7.27. The third-order valence-corrected chi connectivity index (χ3v) is 10.7. The molecule has 0 radical (unpaired) electrons. The highest BCUT2D eigenvalue weighted by Crippen LogP contribution is 2.48. The van der Waals surface area contributed by atoms with E-state index in [-0.39, 0.29) is 29.9 Å². The van der Waals surface area contributed by atoms with Gasteiger partial charge in [-0.1, -0.05) is 30.3 Å². The first-order valence-electron chi connectivity index (χ1n) is 17.7. The van der Waals surface area contributed by atoms with Gasteiger partial charge in [-0.05, 0) is 132 Å². The number of carbonyl (C=O) groups is 3. The van der Waals surface area contributed by atoms with Crippen LogP contribution in [0.2, 0.25) is 0 Å². The van der Waals surface area contributed by atoms with Crippen LogP contribution in [0.4, 0.5) is 14.0 Å². The minimum absolute atomic E-state index is 0.00303. The Morgan fingerprint density at radius 2 is 1.61 bits per heavy atom. The number of hydrogen-bond donors (Lipinski definition) is 1. The fourth-order valence-electron chi connectivity index (χ4n) is 8.34. The van der Waals surface area contributed by atoms with Gasteiger partial charge >= 0.3 is 12.2 Å². The normalized spacial score (nSPS) is 23.2. The number of fused-ring (bicyclic) bond motifs is 4. The number of carbonyl (C=O) groups excluding carboxylic acids is 3. The number of amides is 3. The van der Waals surface area contributed by atoms with Gasteiger partial charge in [0.1, 0.15) is 29.1 Å². The number of likely N-dealkylation sites (tertiary alicyclic amines) is 2. The second-order valence-corrected chi connectivity index (χ2v) is 16.4. The van der Waals surface area contributed by atoms with Crippen LogP contribution < -0.4 is 5.32 Å². The van der Waals surface area contributed by atoms with E-state index >= 15 is 4.39 Å². The summed E-state index contributed by atoms with van der Waals surface area (Å²) in [4.78, 5) is 42.5. The highest BCUT2D eigenvalue weighted by molar-refractivity contribution is 5.87. The fraction of sp³-hybridized carbons (Fsp3) is 0.590. The van der Waals surface area contributed by atoms with Gasteiger partial charge in [0.15, 0.2) is 0 Å². The molecule has 1 spiro atoms. The Morgan fingerprint density at radius 1 is 0.959 bits per heavy atom. The molecule has 2 aliphatic heterocycles. The van der Waals surface area contributed by atoms with Gasteiger partial charge < -0.3 is 19.7 Å². The minimum atomic E-state index is -0.959. The van der Waals surface area contributed by atoms with E-state index in [4.69, 9.17) is 9.47 Å². The quantitative estimate of drug-likeness (QED) is 0.365. The molecular weight excluding hydrogens is 623 g/mol. The Balaban J connectivity index is 1.12. The molecule has 4 atom stereocenters. The number of halogens is 1. The van der Waals surface area contributed by atoms with E-state index in [0.717, 1.165) is 56.1 Å². The summed E-state index contributed by atoms with van der Waals surface area (Å²) in [6, 6.07) is 11.8. The van der Waals surface area contributed by atoms with Crippen molar-refractivity contribution >= 4 is 18.1 Å². The molecule has 1 saturated carbocycles. The van der Waals surface area contributed by atoms with Crippen LogP contribution in [-0.4, -0.2) is 70.3 Å². The first-order valence-corrected chi connectivity index (χ1v) is 17.7. The van der Waals surface area contributed by atoms with Crippen molar-refractivity contribution in [2.75, 3.05) is 13.1 Å². The zero-order chi connectivity index (χ0) is 35.3. The lowest BCUT2D eigenvalue weighted by atomic mass is 9.73. The third-order valence-electron chi connectivity index (χ3n) is 10.7. The summed E-state index contributed by atoms with van der Waals surface area (Å²) in [5.74, 6) is -0.828. The summed E-state index contributed by atoms with van der Waals surface area (Å²) >= 11 is 0. The lowest BCUT2D eigenvalue weighted by Gasteiger charge is -2.40. The number of aryl methyl sites for hydroxylation is 1. The van der Waals surface area contributed by atoms with Gasteiger partial charge in [-0.25, -0.2) is 14.0 Å². The molecule has 2 aromatic rings. The smallest absolute Gasteiger partial charge is 0.411 e. The zero-order valence-corrected chi connectivity index (χ0v) is 29.6. The van der Waals surface area contributed by atoms with Crippen LogP contribution in [-0.2, 0) is 32.5 Å². The van der Waals surface area contributed by atoms with Crippen molar-refractivity contribution in [1.29, 1.82) is 5.26 Å². The number of piperidine rings is 2. The van der Waals surface area contributed by atoms with E-state index < -0.39 is 41.1 Å². The van der Waals surface area contributed by atoms with Crippen molar-refractivity contribution in [2.45, 2.75) is 128 Å². The van der Waals surface area contributed by atoms with E-state index in [0.29, 0.717) is 18.7 Å². The molecule has 0 unspecified atom stereocenters. The second kappa shape index (κ2) is 13.0. The predicted molar refractivity (Wildman–Crippen MR) is 183 cm³/mol. The molecule has 6 rings (SSSR count). The molecule has 4 aliphatic rings. The van der Waals surface area contributed by atoms with Crippen LogP contribution in [0.25, 0.3) is 11.1 Å². The average molecular weight is 673 g/mol. The van der Waals surface area contributed by atoms with Crippen LogP contribution in [0.15, 0.2) is 36.4 Å². The fourth-order valence-corrected chi connectivity index (χ4v) is 8.34. The van der Waals surface area contributed by atoms with E-state index in [1.807, 2.05) is 32.9 Å². The molecule has 2 heterocycles. The molecule has 2 aromatic carbocycles. The van der Waals surface area contributed by atoms with Gasteiger partial charge in [-0.3, -0.25) is 9.69 Å². The number of benzene rings is 2. The number of nitrogens with one attached hydrogen (secondary N) is 1. The van der Waals surface area contributed by atoms with Crippen LogP contribution in [0.1, 0.15) is 96.8 Å². The van der Waals surface area contributed by atoms with Crippen molar-refractivity contribution in [2.24, 2.45) is 5.92 Å². The van der Waals surface area contributed by atoms with Crippen molar-refractivity contribution < 1.29 is 28.2 Å². The standard InChI is InChI=1S/C39H49FN4O5/c1-37(2,3)48-35(46)43-17-15-39(16-18-43)14-13-24-7-8-25(21-31(24)39)26-9-10-27(32(40)22-26)19-29(23-41)42-34(45)33-28-11-12-30(20-28)44(33)36(47)49-38(4,5)6/h7-10,21-22,28-30,33H,11-20H2,1-6H3,(H,42,45)/t28-,29-,30+,33-/m0/s1. The largest absolute Gasteiger partial charge is 0.444 e. The van der Waals surface area contributed by atoms with Gasteiger partial charge in [0, 0.05) is 25.6 Å². The van der Waals surface area contributed by atoms with E-state index in [9.17, 15) is 19.6 Å².